The van der Waals surface area contributed by atoms with E-state index in [4.69, 9.17) is 0 Å². The molecule has 27 heavy (non-hydrogen) atoms. The highest BCUT2D eigenvalue weighted by molar-refractivity contribution is 9.10. The van der Waals surface area contributed by atoms with Gasteiger partial charge in [-0.05, 0) is 36.6 Å². The van der Waals surface area contributed by atoms with Crippen molar-refractivity contribution in [3.05, 3.63) is 28.7 Å². The lowest BCUT2D eigenvalue weighted by Gasteiger charge is -2.31. The molecule has 7 nitrogen and oxygen atoms in total. The molecule has 1 aliphatic heterocycles. The predicted molar refractivity (Wildman–Crippen MR) is 108 cm³/mol. The number of hydrogen-bond acceptors (Lipinski definition) is 5. The van der Waals surface area contributed by atoms with Gasteiger partial charge in [0.15, 0.2) is 9.84 Å². The summed E-state index contributed by atoms with van der Waals surface area (Å²) in [5, 5.41) is 0. The molecule has 0 aromatic heterocycles. The minimum Gasteiger partial charge on any atom is -0.337 e. The summed E-state index contributed by atoms with van der Waals surface area (Å²) in [6, 6.07) is 5.79. The molecule has 10 heteroatoms. The van der Waals surface area contributed by atoms with Gasteiger partial charge < -0.3 is 4.90 Å². The molecule has 0 N–H and O–H groups in total. The average Bonchev–Trinajstić information content (AvgIpc) is 2.92. The van der Waals surface area contributed by atoms with Gasteiger partial charge >= 0.3 is 0 Å². The van der Waals surface area contributed by atoms with E-state index in [1.165, 1.54) is 24.1 Å². The zero-order valence-electron chi connectivity index (χ0n) is 15.6. The molecule has 0 radical (unpaired) electrons. The van der Waals surface area contributed by atoms with E-state index < -0.39 is 25.9 Å². The largest absolute Gasteiger partial charge is 0.337 e. The molecular weight excluding hydrogens is 456 g/mol. The highest BCUT2D eigenvalue weighted by Gasteiger charge is 2.36. The van der Waals surface area contributed by atoms with Gasteiger partial charge in [-0.2, -0.15) is 4.31 Å². The number of halogens is 1. The molecular formula is C17H25BrN2O5S2. The number of amides is 1. The van der Waals surface area contributed by atoms with Crippen LogP contribution in [0.3, 0.4) is 0 Å². The average molecular weight is 481 g/mol. The number of likely N-dealkylation sites (N-methyl/N-ethyl adjacent to an activating group) is 1. The fourth-order valence-corrected chi connectivity index (χ4v) is 6.14. The van der Waals surface area contributed by atoms with Gasteiger partial charge in [-0.3, -0.25) is 4.79 Å². The van der Waals surface area contributed by atoms with Crippen molar-refractivity contribution in [3.8, 4) is 0 Å². The quantitative estimate of drug-likeness (QED) is 0.592. The first-order chi connectivity index (χ1) is 12.4. The van der Waals surface area contributed by atoms with Gasteiger partial charge in [-0.1, -0.05) is 29.8 Å². The lowest BCUT2D eigenvalue weighted by atomic mass is 10.1. The van der Waals surface area contributed by atoms with E-state index >= 15 is 0 Å². The van der Waals surface area contributed by atoms with Crippen LogP contribution in [-0.2, 0) is 24.7 Å². The van der Waals surface area contributed by atoms with Gasteiger partial charge in [0.05, 0.1) is 22.9 Å². The fourth-order valence-electron chi connectivity index (χ4n) is 3.02. The molecule has 1 unspecified atom stereocenters. The van der Waals surface area contributed by atoms with Crippen molar-refractivity contribution in [2.75, 3.05) is 31.6 Å². The van der Waals surface area contributed by atoms with Crippen LogP contribution < -0.4 is 0 Å². The van der Waals surface area contributed by atoms with E-state index in [1.807, 2.05) is 13.8 Å². The standard InChI is InChI=1S/C17H25BrN2O5S2/c1-13(2)10-20(15-8-9-26(22,23)12-15)17(21)11-19(3)27(24,25)16-6-4-14(18)5-7-16/h4-7,13,15H,8-12H2,1-3H3. The number of nitrogens with zero attached hydrogens (tertiary/aromatic N) is 2. The van der Waals surface area contributed by atoms with E-state index in [-0.39, 0.29) is 34.8 Å². The van der Waals surface area contributed by atoms with Gasteiger partial charge in [-0.15, -0.1) is 0 Å². The minimum absolute atomic E-state index is 0.0609. The summed E-state index contributed by atoms with van der Waals surface area (Å²) in [5.41, 5.74) is 0. The Kier molecular flexibility index (Phi) is 7.10. The molecule has 1 aliphatic rings. The number of sulfonamides is 1. The maximum Gasteiger partial charge on any atom is 0.243 e. The Morgan fingerprint density at radius 3 is 2.33 bits per heavy atom. The van der Waals surface area contributed by atoms with Crippen molar-refractivity contribution in [1.29, 1.82) is 0 Å². The summed E-state index contributed by atoms with van der Waals surface area (Å²) >= 11 is 3.26. The molecule has 1 heterocycles. The van der Waals surface area contributed by atoms with E-state index in [2.05, 4.69) is 15.9 Å². The van der Waals surface area contributed by atoms with Crippen LogP contribution in [0, 0.1) is 5.92 Å². The van der Waals surface area contributed by atoms with Crippen molar-refractivity contribution in [2.45, 2.75) is 31.2 Å². The second-order valence-electron chi connectivity index (χ2n) is 7.21. The first-order valence-electron chi connectivity index (χ1n) is 8.64. The van der Waals surface area contributed by atoms with Gasteiger partial charge in [0.2, 0.25) is 15.9 Å². The third-order valence-electron chi connectivity index (χ3n) is 4.41. The molecule has 0 saturated carbocycles. The van der Waals surface area contributed by atoms with E-state index in [0.717, 1.165) is 8.78 Å². The molecule has 0 aliphatic carbocycles. The molecule has 1 amide bonds. The minimum atomic E-state index is -3.81. The van der Waals surface area contributed by atoms with E-state index in [1.54, 1.807) is 12.1 Å². The van der Waals surface area contributed by atoms with E-state index in [0.29, 0.717) is 13.0 Å². The second kappa shape index (κ2) is 8.59. The predicted octanol–water partition coefficient (Wildman–Crippen LogP) is 1.74. The molecule has 0 bridgehead atoms. The van der Waals surface area contributed by atoms with Gasteiger partial charge in [0.1, 0.15) is 0 Å². The molecule has 2 rings (SSSR count). The summed E-state index contributed by atoms with van der Waals surface area (Å²) in [6.07, 6.45) is 0.393. The third kappa shape index (κ3) is 5.75. The van der Waals surface area contributed by atoms with Gasteiger partial charge in [0.25, 0.3) is 0 Å². The smallest absolute Gasteiger partial charge is 0.243 e. The number of carbonyl (C=O) groups is 1. The summed E-state index contributed by atoms with van der Waals surface area (Å²) in [7, 11) is -5.60. The van der Waals surface area contributed by atoms with Crippen molar-refractivity contribution in [2.24, 2.45) is 5.92 Å². The zero-order chi connectivity index (χ0) is 20.4. The van der Waals surface area contributed by atoms with Gasteiger partial charge in [0, 0.05) is 24.1 Å². The first kappa shape index (κ1) is 22.3. The Labute approximate surface area is 169 Å². The van der Waals surface area contributed by atoms with Crippen LogP contribution in [0.15, 0.2) is 33.6 Å². The normalized spacial score (nSPS) is 19.6. The first-order valence-corrected chi connectivity index (χ1v) is 12.7. The van der Waals surface area contributed by atoms with Crippen molar-refractivity contribution in [1.82, 2.24) is 9.21 Å². The Hall–Kier alpha value is -0.970. The highest BCUT2D eigenvalue weighted by Crippen LogP contribution is 2.21. The van der Waals surface area contributed by atoms with Crippen LogP contribution in [0.5, 0.6) is 0 Å². The van der Waals surface area contributed by atoms with Crippen LogP contribution in [0.4, 0.5) is 0 Å². The van der Waals surface area contributed by atoms with Crippen molar-refractivity contribution < 1.29 is 21.6 Å². The number of sulfone groups is 1. The van der Waals surface area contributed by atoms with Crippen LogP contribution in [-0.4, -0.2) is 69.6 Å². The third-order valence-corrected chi connectivity index (χ3v) is 8.51. The highest BCUT2D eigenvalue weighted by atomic mass is 79.9. The van der Waals surface area contributed by atoms with Crippen LogP contribution in [0.1, 0.15) is 20.3 Å². The molecule has 0 spiro atoms. The SMILES string of the molecule is CC(C)CN(C(=O)CN(C)S(=O)(=O)c1ccc(Br)cc1)C1CCS(=O)(=O)C1. The molecule has 152 valence electrons. The van der Waals surface area contributed by atoms with Crippen LogP contribution >= 0.6 is 15.9 Å². The number of carbonyl (C=O) groups excluding carboxylic acids is 1. The number of rotatable bonds is 7. The number of benzene rings is 1. The Balaban J connectivity index is 2.17. The van der Waals surface area contributed by atoms with E-state index in [9.17, 15) is 21.6 Å². The summed E-state index contributed by atoms with van der Waals surface area (Å²) in [6.45, 7) is 3.94. The van der Waals surface area contributed by atoms with Crippen LogP contribution in [0.2, 0.25) is 0 Å². The maximum absolute atomic E-state index is 12.8. The zero-order valence-corrected chi connectivity index (χ0v) is 18.8. The fraction of sp³-hybridized carbons (Fsp3) is 0.588. The monoisotopic (exact) mass is 480 g/mol. The van der Waals surface area contributed by atoms with Gasteiger partial charge in [-0.25, -0.2) is 16.8 Å². The molecule has 1 saturated heterocycles. The molecule has 1 aromatic rings. The topological polar surface area (TPSA) is 91.8 Å². The summed E-state index contributed by atoms with van der Waals surface area (Å²) < 4.78 is 50.7. The van der Waals surface area contributed by atoms with Crippen LogP contribution in [0.25, 0.3) is 0 Å². The lowest BCUT2D eigenvalue weighted by molar-refractivity contribution is -0.133. The lowest BCUT2D eigenvalue weighted by Crippen LogP contribution is -2.48. The molecule has 1 fully saturated rings. The van der Waals surface area contributed by atoms with Crippen molar-refractivity contribution in [3.63, 3.8) is 0 Å². The Morgan fingerprint density at radius 2 is 1.85 bits per heavy atom. The number of hydrogen-bond donors (Lipinski definition) is 0. The second-order valence-corrected chi connectivity index (χ2v) is 12.4. The Bertz CT molecular complexity index is 882. The Morgan fingerprint density at radius 1 is 1.26 bits per heavy atom. The molecule has 1 atom stereocenters. The maximum atomic E-state index is 12.8. The summed E-state index contributed by atoms with van der Waals surface area (Å²) in [5.74, 6) is -0.235. The summed E-state index contributed by atoms with van der Waals surface area (Å²) in [4.78, 5) is 14.5. The van der Waals surface area contributed by atoms with Crippen molar-refractivity contribution >= 4 is 41.7 Å². The molecule has 1 aromatic carbocycles.